The minimum atomic E-state index is -2.91. The number of fused-ring (bicyclic) bond motifs is 1. The molecule has 4 aromatic rings. The second-order valence-electron chi connectivity index (χ2n) is 8.23. The molecule has 1 aliphatic heterocycles. The van der Waals surface area contributed by atoms with Gasteiger partial charge in [-0.25, -0.2) is 0 Å². The van der Waals surface area contributed by atoms with Gasteiger partial charge in [0, 0.05) is 13.0 Å². The van der Waals surface area contributed by atoms with Gasteiger partial charge in [-0.15, -0.1) is 21.5 Å². The van der Waals surface area contributed by atoms with Gasteiger partial charge in [-0.1, -0.05) is 36.8 Å². The summed E-state index contributed by atoms with van der Waals surface area (Å²) in [7, 11) is 0. The standard InChI is InChI=1S/C26H21F2N5O2S/c27-26(28)35-19-12-10-17(11-13-19)15-21-24(34)33(18-7-3-1-4-8-18)25(36-21)20(16-29)23-31-30-22-9-5-2-6-14-32(22)23/h1,3-4,7-8,10-13,15,26H,2,5-6,9,14H2/b21-15-,25-20+. The summed E-state index contributed by atoms with van der Waals surface area (Å²) < 4.78 is 33.7. The van der Waals surface area contributed by atoms with Crippen LogP contribution in [0.3, 0.4) is 0 Å². The first kappa shape index (κ1) is 23.6. The molecule has 0 fully saturated rings. The average Bonchev–Trinajstić information content (AvgIpc) is 3.32. The van der Waals surface area contributed by atoms with Gasteiger partial charge in [0.15, 0.2) is 5.82 Å². The number of aromatic nitrogens is 4. The van der Waals surface area contributed by atoms with E-state index in [1.54, 1.807) is 30.3 Å². The summed E-state index contributed by atoms with van der Waals surface area (Å²) in [5.41, 5.74) is 1.24. The minimum Gasteiger partial charge on any atom is -0.435 e. The van der Waals surface area contributed by atoms with Crippen molar-refractivity contribution in [2.75, 3.05) is 0 Å². The number of nitriles is 1. The number of alkyl halides is 2. The number of para-hydroxylation sites is 1. The third kappa shape index (κ3) is 4.70. The number of nitrogens with zero attached hydrogens (tertiary/aromatic N) is 5. The minimum absolute atomic E-state index is 0.0308. The molecule has 0 saturated heterocycles. The van der Waals surface area contributed by atoms with Crippen LogP contribution in [-0.4, -0.2) is 25.9 Å². The molecular weight excluding hydrogens is 484 g/mol. The molecule has 0 unspecified atom stereocenters. The second-order valence-corrected chi connectivity index (χ2v) is 9.26. The zero-order valence-electron chi connectivity index (χ0n) is 19.1. The summed E-state index contributed by atoms with van der Waals surface area (Å²) in [5.74, 6) is 1.34. The van der Waals surface area contributed by atoms with Crippen LogP contribution >= 0.6 is 11.3 Å². The zero-order chi connectivity index (χ0) is 25.1. The fraction of sp³-hybridized carbons (Fsp3) is 0.231. The lowest BCUT2D eigenvalue weighted by molar-refractivity contribution is -0.0498. The van der Waals surface area contributed by atoms with E-state index in [9.17, 15) is 18.8 Å². The van der Waals surface area contributed by atoms with Crippen LogP contribution in [0.25, 0.3) is 17.3 Å². The molecule has 0 amide bonds. The van der Waals surface area contributed by atoms with Gasteiger partial charge < -0.3 is 9.30 Å². The predicted molar refractivity (Wildman–Crippen MR) is 132 cm³/mol. The number of rotatable bonds is 5. The largest absolute Gasteiger partial charge is 0.435 e. The van der Waals surface area contributed by atoms with Crippen LogP contribution in [0.4, 0.5) is 8.78 Å². The molecule has 1 aliphatic rings. The predicted octanol–water partition coefficient (Wildman–Crippen LogP) is 3.37. The number of thiazole rings is 1. The highest BCUT2D eigenvalue weighted by molar-refractivity contribution is 7.07. The Morgan fingerprint density at radius 1 is 1.08 bits per heavy atom. The smallest absolute Gasteiger partial charge is 0.387 e. The molecule has 3 heterocycles. The summed E-state index contributed by atoms with van der Waals surface area (Å²) in [5, 5.41) is 18.9. The Kier molecular flexibility index (Phi) is 6.73. The van der Waals surface area contributed by atoms with E-state index in [-0.39, 0.29) is 16.9 Å². The molecule has 0 spiro atoms. The van der Waals surface area contributed by atoms with Crippen molar-refractivity contribution in [3.63, 3.8) is 0 Å². The van der Waals surface area contributed by atoms with E-state index in [1.807, 2.05) is 22.8 Å². The van der Waals surface area contributed by atoms with Crippen LogP contribution in [0, 0.1) is 11.3 Å². The number of ether oxygens (including phenoxy) is 1. The fourth-order valence-corrected chi connectivity index (χ4v) is 5.32. The van der Waals surface area contributed by atoms with Gasteiger partial charge in [-0.05, 0) is 48.7 Å². The maximum Gasteiger partial charge on any atom is 0.387 e. The van der Waals surface area contributed by atoms with Crippen molar-refractivity contribution >= 4 is 23.0 Å². The molecule has 5 rings (SSSR count). The number of hydrogen-bond acceptors (Lipinski definition) is 6. The molecule has 7 nitrogen and oxygen atoms in total. The van der Waals surface area contributed by atoms with Crippen LogP contribution in [-0.2, 0) is 13.0 Å². The summed E-state index contributed by atoms with van der Waals surface area (Å²) in [6, 6.07) is 17.4. The number of benzene rings is 2. The first-order valence-electron chi connectivity index (χ1n) is 11.5. The van der Waals surface area contributed by atoms with E-state index < -0.39 is 6.61 Å². The number of aryl methyl sites for hydroxylation is 1. The molecule has 0 aliphatic carbocycles. The molecule has 2 aromatic carbocycles. The highest BCUT2D eigenvalue weighted by Gasteiger charge is 2.21. The lowest BCUT2D eigenvalue weighted by atomic mass is 10.2. The van der Waals surface area contributed by atoms with E-state index in [0.717, 1.165) is 38.1 Å². The normalized spacial score (nSPS) is 14.8. The van der Waals surface area contributed by atoms with Gasteiger partial charge in [0.25, 0.3) is 5.56 Å². The molecule has 182 valence electrons. The fourth-order valence-electron chi connectivity index (χ4n) is 4.22. The molecule has 2 aromatic heterocycles. The summed E-state index contributed by atoms with van der Waals surface area (Å²) in [6.45, 7) is -2.19. The Balaban J connectivity index is 1.73. The van der Waals surface area contributed by atoms with Gasteiger partial charge >= 0.3 is 6.61 Å². The quantitative estimate of drug-likeness (QED) is 0.415. The zero-order valence-corrected chi connectivity index (χ0v) is 19.9. The Bertz CT molecular complexity index is 1600. The molecule has 36 heavy (non-hydrogen) atoms. The van der Waals surface area contributed by atoms with E-state index in [2.05, 4.69) is 21.0 Å². The van der Waals surface area contributed by atoms with Crippen molar-refractivity contribution < 1.29 is 13.5 Å². The van der Waals surface area contributed by atoms with Crippen molar-refractivity contribution in [1.82, 2.24) is 19.3 Å². The first-order chi connectivity index (χ1) is 17.5. The SMILES string of the molecule is N#C/C(c1nnc2n1CCCCC2)=c1\s/c(=C\c2ccc(OC(F)F)cc2)c(=O)n1-c1ccccc1. The Morgan fingerprint density at radius 3 is 2.58 bits per heavy atom. The van der Waals surface area contributed by atoms with Gasteiger partial charge in [-0.2, -0.15) is 14.0 Å². The van der Waals surface area contributed by atoms with Crippen LogP contribution < -0.4 is 19.5 Å². The van der Waals surface area contributed by atoms with Gasteiger partial charge in [0.1, 0.15) is 27.9 Å². The van der Waals surface area contributed by atoms with Gasteiger partial charge in [0.2, 0.25) is 0 Å². The van der Waals surface area contributed by atoms with Crippen LogP contribution in [0.15, 0.2) is 59.4 Å². The third-order valence-electron chi connectivity index (χ3n) is 5.90. The molecule has 0 radical (unpaired) electrons. The molecule has 0 atom stereocenters. The Hall–Kier alpha value is -4.10. The van der Waals surface area contributed by atoms with Crippen molar-refractivity contribution in [3.05, 3.63) is 91.4 Å². The van der Waals surface area contributed by atoms with Crippen molar-refractivity contribution in [2.45, 2.75) is 38.8 Å². The number of halogens is 2. The summed E-state index contributed by atoms with van der Waals surface area (Å²) in [4.78, 5) is 13.6. The molecule has 0 saturated carbocycles. The maximum atomic E-state index is 13.6. The Labute approximate surface area is 208 Å². The maximum absolute atomic E-state index is 13.6. The topological polar surface area (TPSA) is 85.7 Å². The molecule has 0 bridgehead atoms. The summed E-state index contributed by atoms with van der Waals surface area (Å²) in [6.07, 6.45) is 5.54. The molecule has 10 heteroatoms. The second kappa shape index (κ2) is 10.3. The highest BCUT2D eigenvalue weighted by atomic mass is 32.1. The van der Waals surface area contributed by atoms with Crippen LogP contribution in [0.1, 0.15) is 36.5 Å². The molecule has 0 N–H and O–H groups in total. The summed E-state index contributed by atoms with van der Waals surface area (Å²) >= 11 is 1.18. The van der Waals surface area contributed by atoms with E-state index >= 15 is 0 Å². The number of hydrogen-bond donors (Lipinski definition) is 0. The Morgan fingerprint density at radius 2 is 1.86 bits per heavy atom. The van der Waals surface area contributed by atoms with Crippen LogP contribution in [0.5, 0.6) is 5.75 Å². The van der Waals surface area contributed by atoms with Crippen molar-refractivity contribution in [3.8, 4) is 17.5 Å². The average molecular weight is 506 g/mol. The molecular formula is C26H21F2N5O2S. The van der Waals surface area contributed by atoms with Crippen molar-refractivity contribution in [2.24, 2.45) is 0 Å². The first-order valence-corrected chi connectivity index (χ1v) is 12.3. The lowest BCUT2D eigenvalue weighted by Gasteiger charge is -2.07. The highest BCUT2D eigenvalue weighted by Crippen LogP contribution is 2.19. The van der Waals surface area contributed by atoms with Gasteiger partial charge in [-0.3, -0.25) is 9.36 Å². The lowest BCUT2D eigenvalue weighted by Crippen LogP contribution is -2.31. The van der Waals surface area contributed by atoms with Crippen LogP contribution in [0.2, 0.25) is 0 Å². The van der Waals surface area contributed by atoms with Crippen molar-refractivity contribution in [1.29, 1.82) is 5.26 Å². The third-order valence-corrected chi connectivity index (χ3v) is 6.99. The monoisotopic (exact) mass is 505 g/mol. The van der Waals surface area contributed by atoms with Gasteiger partial charge in [0.05, 0.1) is 10.2 Å². The van der Waals surface area contributed by atoms with E-state index in [1.165, 1.54) is 28.0 Å². The van der Waals surface area contributed by atoms with E-state index in [0.29, 0.717) is 26.3 Å². The van der Waals surface area contributed by atoms with E-state index in [4.69, 9.17) is 0 Å².